The highest BCUT2D eigenvalue weighted by molar-refractivity contribution is 5.79. The summed E-state index contributed by atoms with van der Waals surface area (Å²) < 4.78 is 0. The van der Waals surface area contributed by atoms with E-state index in [0.717, 1.165) is 13.0 Å². The number of nitrogens with zero attached hydrogens (tertiary/aromatic N) is 1. The van der Waals surface area contributed by atoms with E-state index in [2.05, 4.69) is 0 Å². The summed E-state index contributed by atoms with van der Waals surface area (Å²) in [5, 5.41) is 9.98. The van der Waals surface area contributed by atoms with Crippen LogP contribution in [0, 0.1) is 5.92 Å². The monoisotopic (exact) mass is 155 g/mol. The van der Waals surface area contributed by atoms with Crippen LogP contribution in [0.4, 0.5) is 0 Å². The molecule has 0 aromatic heterocycles. The van der Waals surface area contributed by atoms with E-state index in [-0.39, 0.29) is 11.8 Å². The SMILES string of the molecule is C[C@H]1CCN2C(=O)CC[C@]12O. The van der Waals surface area contributed by atoms with E-state index in [4.69, 9.17) is 0 Å². The summed E-state index contributed by atoms with van der Waals surface area (Å²) in [5.41, 5.74) is -0.781. The number of rotatable bonds is 0. The van der Waals surface area contributed by atoms with Crippen LogP contribution in [0.1, 0.15) is 26.2 Å². The Kier molecular flexibility index (Phi) is 1.27. The van der Waals surface area contributed by atoms with Crippen LogP contribution < -0.4 is 0 Å². The Labute approximate surface area is 66.0 Å². The van der Waals surface area contributed by atoms with Gasteiger partial charge in [-0.2, -0.15) is 0 Å². The van der Waals surface area contributed by atoms with E-state index in [1.54, 1.807) is 4.90 Å². The molecular formula is C8H13NO2. The largest absolute Gasteiger partial charge is 0.370 e. The van der Waals surface area contributed by atoms with Gasteiger partial charge in [-0.05, 0) is 6.42 Å². The zero-order chi connectivity index (χ0) is 8.06. The minimum Gasteiger partial charge on any atom is -0.370 e. The Morgan fingerprint density at radius 1 is 1.73 bits per heavy atom. The summed E-state index contributed by atoms with van der Waals surface area (Å²) in [6, 6.07) is 0. The average molecular weight is 155 g/mol. The van der Waals surface area contributed by atoms with Gasteiger partial charge in [-0.15, -0.1) is 0 Å². The maximum Gasteiger partial charge on any atom is 0.225 e. The molecule has 2 rings (SSSR count). The van der Waals surface area contributed by atoms with Gasteiger partial charge in [0.25, 0.3) is 0 Å². The van der Waals surface area contributed by atoms with Crippen molar-refractivity contribution >= 4 is 5.91 Å². The van der Waals surface area contributed by atoms with Gasteiger partial charge in [0.05, 0.1) is 0 Å². The van der Waals surface area contributed by atoms with Gasteiger partial charge in [-0.25, -0.2) is 0 Å². The van der Waals surface area contributed by atoms with E-state index in [1.165, 1.54) is 0 Å². The van der Waals surface area contributed by atoms with Crippen LogP contribution in [0.3, 0.4) is 0 Å². The van der Waals surface area contributed by atoms with Crippen LogP contribution in [0.15, 0.2) is 0 Å². The van der Waals surface area contributed by atoms with Gasteiger partial charge >= 0.3 is 0 Å². The van der Waals surface area contributed by atoms with Crippen LogP contribution in [-0.4, -0.2) is 28.2 Å². The molecule has 2 fully saturated rings. The van der Waals surface area contributed by atoms with Gasteiger partial charge in [0.15, 0.2) is 0 Å². The smallest absolute Gasteiger partial charge is 0.225 e. The third-order valence-corrected chi connectivity index (χ3v) is 3.05. The molecule has 0 aromatic rings. The van der Waals surface area contributed by atoms with Crippen molar-refractivity contribution in [3.8, 4) is 0 Å². The first-order chi connectivity index (χ1) is 5.14. The molecule has 3 heteroatoms. The first-order valence-corrected chi connectivity index (χ1v) is 4.17. The van der Waals surface area contributed by atoms with Crippen molar-refractivity contribution in [2.75, 3.05) is 6.54 Å². The lowest BCUT2D eigenvalue weighted by Crippen LogP contribution is -2.43. The number of amides is 1. The van der Waals surface area contributed by atoms with Gasteiger partial charge in [0.2, 0.25) is 5.91 Å². The van der Waals surface area contributed by atoms with Gasteiger partial charge in [0.1, 0.15) is 5.72 Å². The van der Waals surface area contributed by atoms with Crippen molar-refractivity contribution in [2.45, 2.75) is 31.9 Å². The van der Waals surface area contributed by atoms with Gasteiger partial charge < -0.3 is 10.0 Å². The van der Waals surface area contributed by atoms with Crippen LogP contribution in [-0.2, 0) is 4.79 Å². The van der Waals surface area contributed by atoms with Crippen molar-refractivity contribution in [2.24, 2.45) is 5.92 Å². The summed E-state index contributed by atoms with van der Waals surface area (Å²) in [6.07, 6.45) is 2.11. The molecule has 3 nitrogen and oxygen atoms in total. The highest BCUT2D eigenvalue weighted by Gasteiger charge is 2.51. The second-order valence-electron chi connectivity index (χ2n) is 3.61. The molecule has 2 atom stereocenters. The molecule has 2 heterocycles. The lowest BCUT2D eigenvalue weighted by Gasteiger charge is -2.29. The second kappa shape index (κ2) is 1.97. The molecule has 1 N–H and O–H groups in total. The molecular weight excluding hydrogens is 142 g/mol. The Bertz CT molecular complexity index is 204. The quantitative estimate of drug-likeness (QED) is 0.548. The number of aliphatic hydroxyl groups is 1. The first kappa shape index (κ1) is 7.10. The van der Waals surface area contributed by atoms with E-state index >= 15 is 0 Å². The molecule has 0 spiro atoms. The van der Waals surface area contributed by atoms with Gasteiger partial charge in [-0.1, -0.05) is 6.92 Å². The molecule has 0 aromatic carbocycles. The Morgan fingerprint density at radius 3 is 3.09 bits per heavy atom. The Hall–Kier alpha value is -0.570. The van der Waals surface area contributed by atoms with Crippen LogP contribution >= 0.6 is 0 Å². The second-order valence-corrected chi connectivity index (χ2v) is 3.61. The minimum atomic E-state index is -0.781. The van der Waals surface area contributed by atoms with Crippen molar-refractivity contribution < 1.29 is 9.90 Å². The van der Waals surface area contributed by atoms with Crippen LogP contribution in [0.2, 0.25) is 0 Å². The number of carbonyl (C=O) groups excluding carboxylic acids is 1. The van der Waals surface area contributed by atoms with E-state index in [9.17, 15) is 9.90 Å². The summed E-state index contributed by atoms with van der Waals surface area (Å²) in [7, 11) is 0. The molecule has 0 unspecified atom stereocenters. The van der Waals surface area contributed by atoms with Crippen LogP contribution in [0.25, 0.3) is 0 Å². The number of fused-ring (bicyclic) bond motifs is 1. The molecule has 62 valence electrons. The zero-order valence-corrected chi connectivity index (χ0v) is 6.71. The maximum absolute atomic E-state index is 11.2. The topological polar surface area (TPSA) is 40.5 Å². The maximum atomic E-state index is 11.2. The third-order valence-electron chi connectivity index (χ3n) is 3.05. The minimum absolute atomic E-state index is 0.122. The molecule has 0 radical (unpaired) electrons. The van der Waals surface area contributed by atoms with Crippen molar-refractivity contribution in [3.05, 3.63) is 0 Å². The number of hydrogen-bond acceptors (Lipinski definition) is 2. The number of carbonyl (C=O) groups is 1. The van der Waals surface area contributed by atoms with Crippen molar-refractivity contribution in [3.63, 3.8) is 0 Å². The fourth-order valence-electron chi connectivity index (χ4n) is 2.16. The van der Waals surface area contributed by atoms with Gasteiger partial charge in [0, 0.05) is 25.3 Å². The molecule has 2 saturated heterocycles. The summed E-state index contributed by atoms with van der Waals surface area (Å²) in [6.45, 7) is 2.76. The molecule has 0 aliphatic carbocycles. The van der Waals surface area contributed by atoms with Gasteiger partial charge in [-0.3, -0.25) is 4.79 Å². The normalized spacial score (nSPS) is 43.3. The molecule has 0 bridgehead atoms. The molecule has 0 saturated carbocycles. The molecule has 11 heavy (non-hydrogen) atoms. The fourth-order valence-corrected chi connectivity index (χ4v) is 2.16. The first-order valence-electron chi connectivity index (χ1n) is 4.17. The summed E-state index contributed by atoms with van der Waals surface area (Å²) >= 11 is 0. The highest BCUT2D eigenvalue weighted by Crippen LogP contribution is 2.41. The van der Waals surface area contributed by atoms with Crippen molar-refractivity contribution in [1.29, 1.82) is 0 Å². The summed E-state index contributed by atoms with van der Waals surface area (Å²) in [4.78, 5) is 12.8. The molecule has 2 aliphatic rings. The predicted octanol–water partition coefficient (Wildman–Crippen LogP) is 0.337. The summed E-state index contributed by atoms with van der Waals surface area (Å²) in [5.74, 6) is 0.380. The lowest BCUT2D eigenvalue weighted by atomic mass is 9.97. The van der Waals surface area contributed by atoms with E-state index in [0.29, 0.717) is 12.8 Å². The average Bonchev–Trinajstić information content (AvgIpc) is 2.39. The zero-order valence-electron chi connectivity index (χ0n) is 6.71. The van der Waals surface area contributed by atoms with E-state index < -0.39 is 5.72 Å². The highest BCUT2D eigenvalue weighted by atomic mass is 16.3. The Morgan fingerprint density at radius 2 is 2.45 bits per heavy atom. The third kappa shape index (κ3) is 0.745. The lowest BCUT2D eigenvalue weighted by molar-refractivity contribution is -0.142. The molecule has 1 amide bonds. The van der Waals surface area contributed by atoms with E-state index in [1.807, 2.05) is 6.92 Å². The standard InChI is InChI=1S/C8H13NO2/c1-6-3-5-9-7(10)2-4-8(6,9)11/h6,11H,2-5H2,1H3/t6-,8-/m0/s1. The predicted molar refractivity (Wildman–Crippen MR) is 39.7 cm³/mol. The van der Waals surface area contributed by atoms with Crippen LogP contribution in [0.5, 0.6) is 0 Å². The van der Waals surface area contributed by atoms with Crippen molar-refractivity contribution in [1.82, 2.24) is 4.90 Å². The number of hydrogen-bond donors (Lipinski definition) is 1. The fraction of sp³-hybridized carbons (Fsp3) is 0.875. The Balaban J connectivity index is 2.30. The molecule has 2 aliphatic heterocycles.